The third kappa shape index (κ3) is 4.55. The first-order chi connectivity index (χ1) is 13.4. The molecule has 2 aliphatic heterocycles. The third-order valence-corrected chi connectivity index (χ3v) is 5.88. The topological polar surface area (TPSA) is 70.7 Å². The van der Waals surface area contributed by atoms with Gasteiger partial charge < -0.3 is 9.64 Å². The van der Waals surface area contributed by atoms with Crippen molar-refractivity contribution in [2.24, 2.45) is 11.8 Å². The first-order valence-corrected chi connectivity index (χ1v) is 10.5. The Hall–Kier alpha value is -1.92. The minimum Gasteiger partial charge on any atom is -0.491 e. The minimum absolute atomic E-state index is 0.0644. The Morgan fingerprint density at radius 3 is 2.75 bits per heavy atom. The molecule has 6 heteroatoms. The van der Waals surface area contributed by atoms with Crippen molar-refractivity contribution < 1.29 is 14.3 Å². The van der Waals surface area contributed by atoms with Gasteiger partial charge in [-0.2, -0.15) is 0 Å². The van der Waals surface area contributed by atoms with E-state index < -0.39 is 0 Å². The summed E-state index contributed by atoms with van der Waals surface area (Å²) >= 11 is 0. The molecule has 6 nitrogen and oxygen atoms in total. The Bertz CT molecular complexity index is 706. The van der Waals surface area contributed by atoms with Crippen molar-refractivity contribution in [2.75, 3.05) is 13.1 Å². The summed E-state index contributed by atoms with van der Waals surface area (Å²) in [6.45, 7) is 9.38. The maximum absolute atomic E-state index is 13.1. The number of Topliss-reactive ketones (excluding diaryl/α,β-unsaturated/α-hetero) is 1. The summed E-state index contributed by atoms with van der Waals surface area (Å²) in [7, 11) is 0. The average Bonchev–Trinajstić information content (AvgIpc) is 3.07. The Balaban J connectivity index is 1.66. The van der Waals surface area contributed by atoms with Crippen LogP contribution in [0.3, 0.4) is 0 Å². The predicted molar refractivity (Wildman–Crippen MR) is 109 cm³/mol. The van der Waals surface area contributed by atoms with Crippen molar-refractivity contribution in [1.29, 1.82) is 0 Å². The number of nitrogens with one attached hydrogen (secondary N) is 2. The van der Waals surface area contributed by atoms with Crippen LogP contribution >= 0.6 is 0 Å². The summed E-state index contributed by atoms with van der Waals surface area (Å²) in [4.78, 5) is 28.0. The number of benzene rings is 1. The molecule has 0 spiro atoms. The molecule has 28 heavy (non-hydrogen) atoms. The molecule has 0 aliphatic carbocycles. The number of amides is 1. The zero-order valence-corrected chi connectivity index (χ0v) is 17.4. The molecular formula is C22H33N3O3. The molecule has 154 valence electrons. The summed E-state index contributed by atoms with van der Waals surface area (Å²) in [5.41, 5.74) is 7.06. The monoisotopic (exact) mass is 387 g/mol. The van der Waals surface area contributed by atoms with Gasteiger partial charge in [-0.1, -0.05) is 26.0 Å². The van der Waals surface area contributed by atoms with Gasteiger partial charge in [0.05, 0.1) is 6.10 Å². The fraction of sp³-hybridized carbons (Fsp3) is 0.636. The fourth-order valence-corrected chi connectivity index (χ4v) is 4.27. The summed E-state index contributed by atoms with van der Waals surface area (Å²) in [5.74, 6) is 0.997. The largest absolute Gasteiger partial charge is 0.491 e. The average molecular weight is 388 g/mol. The van der Waals surface area contributed by atoms with E-state index in [0.29, 0.717) is 23.9 Å². The van der Waals surface area contributed by atoms with Gasteiger partial charge in [0.25, 0.3) is 0 Å². The van der Waals surface area contributed by atoms with Crippen LogP contribution in [0.1, 0.15) is 57.3 Å². The van der Waals surface area contributed by atoms with E-state index >= 15 is 0 Å². The SMILES string of the molecule is CCC1NNC(C(=O)N2CCCC(C(=O)c3cccc(OC(C)C)c3)C2)C1C. The Kier molecular flexibility index (Phi) is 6.73. The lowest BCUT2D eigenvalue weighted by Crippen LogP contribution is -2.51. The van der Waals surface area contributed by atoms with Crippen LogP contribution in [-0.4, -0.2) is 47.9 Å². The van der Waals surface area contributed by atoms with Gasteiger partial charge in [0.2, 0.25) is 5.91 Å². The van der Waals surface area contributed by atoms with Crippen LogP contribution in [0.25, 0.3) is 0 Å². The number of hydrazine groups is 1. The minimum atomic E-state index is -0.221. The molecule has 0 bridgehead atoms. The molecule has 3 rings (SSSR count). The number of likely N-dealkylation sites (tertiary alicyclic amines) is 1. The van der Waals surface area contributed by atoms with Gasteiger partial charge in [-0.25, -0.2) is 5.43 Å². The van der Waals surface area contributed by atoms with E-state index in [1.807, 2.05) is 43.0 Å². The normalized spacial score (nSPS) is 27.8. The summed E-state index contributed by atoms with van der Waals surface area (Å²) in [6, 6.07) is 7.47. The molecule has 2 N–H and O–H groups in total. The maximum Gasteiger partial charge on any atom is 0.241 e. The number of hydrogen-bond acceptors (Lipinski definition) is 5. The molecule has 1 aromatic carbocycles. The van der Waals surface area contributed by atoms with Gasteiger partial charge in [0.1, 0.15) is 11.8 Å². The van der Waals surface area contributed by atoms with Crippen molar-refractivity contribution in [3.63, 3.8) is 0 Å². The number of piperidine rings is 1. The van der Waals surface area contributed by atoms with Crippen molar-refractivity contribution in [3.05, 3.63) is 29.8 Å². The second kappa shape index (κ2) is 9.05. The maximum atomic E-state index is 13.1. The van der Waals surface area contributed by atoms with E-state index in [-0.39, 0.29) is 35.7 Å². The molecule has 0 radical (unpaired) electrons. The number of ketones is 1. The van der Waals surface area contributed by atoms with Crippen molar-refractivity contribution in [2.45, 2.75) is 65.1 Å². The molecule has 4 atom stereocenters. The molecule has 2 saturated heterocycles. The summed E-state index contributed by atoms with van der Waals surface area (Å²) < 4.78 is 5.72. The number of rotatable bonds is 6. The molecule has 2 heterocycles. The lowest BCUT2D eigenvalue weighted by atomic mass is 9.88. The van der Waals surface area contributed by atoms with Gasteiger partial charge >= 0.3 is 0 Å². The Morgan fingerprint density at radius 2 is 2.07 bits per heavy atom. The van der Waals surface area contributed by atoms with Crippen molar-refractivity contribution >= 4 is 11.7 Å². The molecule has 1 aromatic rings. The standard InChI is InChI=1S/C22H33N3O3/c1-5-19-15(4)20(24-23-19)22(27)25-11-7-9-17(13-25)21(26)16-8-6-10-18(12-16)28-14(2)3/h6,8,10,12,14-15,17,19-20,23-24H,5,7,9,11,13H2,1-4H3. The molecule has 0 aromatic heterocycles. The van der Waals surface area contributed by atoms with Crippen LogP contribution in [0, 0.1) is 11.8 Å². The molecule has 1 amide bonds. The van der Waals surface area contributed by atoms with Crippen LogP contribution in [0.15, 0.2) is 24.3 Å². The smallest absolute Gasteiger partial charge is 0.241 e. The highest BCUT2D eigenvalue weighted by Gasteiger charge is 2.39. The third-order valence-electron chi connectivity index (χ3n) is 5.88. The Morgan fingerprint density at radius 1 is 1.29 bits per heavy atom. The first kappa shape index (κ1) is 20.8. The summed E-state index contributed by atoms with van der Waals surface area (Å²) in [6.07, 6.45) is 2.72. The van der Waals surface area contributed by atoms with Crippen LogP contribution in [0.2, 0.25) is 0 Å². The number of hydrogen-bond donors (Lipinski definition) is 2. The van der Waals surface area contributed by atoms with E-state index in [4.69, 9.17) is 4.74 Å². The van der Waals surface area contributed by atoms with E-state index in [2.05, 4.69) is 24.7 Å². The second-order valence-electron chi connectivity index (χ2n) is 8.32. The van der Waals surface area contributed by atoms with Crippen LogP contribution in [0.4, 0.5) is 0 Å². The molecular weight excluding hydrogens is 354 g/mol. The zero-order valence-electron chi connectivity index (χ0n) is 17.4. The number of ether oxygens (including phenoxy) is 1. The highest BCUT2D eigenvalue weighted by atomic mass is 16.5. The number of carbonyl (C=O) groups excluding carboxylic acids is 2. The van der Waals surface area contributed by atoms with Crippen LogP contribution in [-0.2, 0) is 4.79 Å². The molecule has 0 saturated carbocycles. The number of nitrogens with zero attached hydrogens (tertiary/aromatic N) is 1. The van der Waals surface area contributed by atoms with Gasteiger partial charge in [0.15, 0.2) is 5.78 Å². The van der Waals surface area contributed by atoms with Gasteiger partial charge in [-0.05, 0) is 51.2 Å². The quantitative estimate of drug-likeness (QED) is 0.735. The van der Waals surface area contributed by atoms with Crippen LogP contribution < -0.4 is 15.6 Å². The van der Waals surface area contributed by atoms with Crippen molar-refractivity contribution in [1.82, 2.24) is 15.8 Å². The van der Waals surface area contributed by atoms with E-state index in [1.165, 1.54) is 0 Å². The highest BCUT2D eigenvalue weighted by molar-refractivity contribution is 5.98. The lowest BCUT2D eigenvalue weighted by molar-refractivity contribution is -0.135. The van der Waals surface area contributed by atoms with E-state index in [0.717, 1.165) is 25.8 Å². The Labute approximate surface area is 168 Å². The fourth-order valence-electron chi connectivity index (χ4n) is 4.27. The highest BCUT2D eigenvalue weighted by Crippen LogP contribution is 2.26. The number of carbonyl (C=O) groups is 2. The van der Waals surface area contributed by atoms with Gasteiger partial charge in [-0.15, -0.1) is 0 Å². The van der Waals surface area contributed by atoms with Gasteiger partial charge in [0, 0.05) is 30.6 Å². The van der Waals surface area contributed by atoms with E-state index in [1.54, 1.807) is 0 Å². The second-order valence-corrected chi connectivity index (χ2v) is 8.32. The molecule has 2 aliphatic rings. The molecule has 2 fully saturated rings. The van der Waals surface area contributed by atoms with Crippen molar-refractivity contribution in [3.8, 4) is 5.75 Å². The van der Waals surface area contributed by atoms with Gasteiger partial charge in [-0.3, -0.25) is 15.0 Å². The lowest BCUT2D eigenvalue weighted by Gasteiger charge is -2.34. The zero-order chi connectivity index (χ0) is 20.3. The predicted octanol–water partition coefficient (Wildman–Crippen LogP) is 2.79. The molecule has 4 unspecified atom stereocenters. The first-order valence-electron chi connectivity index (χ1n) is 10.5. The van der Waals surface area contributed by atoms with E-state index in [9.17, 15) is 9.59 Å². The van der Waals surface area contributed by atoms with Crippen LogP contribution in [0.5, 0.6) is 5.75 Å². The summed E-state index contributed by atoms with van der Waals surface area (Å²) in [5, 5.41) is 0.